The van der Waals surface area contributed by atoms with Gasteiger partial charge in [0.2, 0.25) is 5.91 Å². The van der Waals surface area contributed by atoms with Crippen LogP contribution >= 0.6 is 0 Å². The topological polar surface area (TPSA) is 49.9 Å². The van der Waals surface area contributed by atoms with Crippen molar-refractivity contribution in [2.24, 2.45) is 0 Å². The number of amides is 1. The minimum absolute atomic E-state index is 0.0776. The van der Waals surface area contributed by atoms with E-state index in [4.69, 9.17) is 4.74 Å². The van der Waals surface area contributed by atoms with Gasteiger partial charge in [-0.2, -0.15) is 0 Å². The molecule has 5 nitrogen and oxygen atoms in total. The number of piperazine rings is 1. The molecule has 5 heteroatoms. The summed E-state index contributed by atoms with van der Waals surface area (Å²) in [6, 6.07) is 15.6. The van der Waals surface area contributed by atoms with Crippen LogP contribution in [0.1, 0.15) is 29.3 Å². The zero-order chi connectivity index (χ0) is 19.2. The Balaban J connectivity index is 1.47. The minimum atomic E-state index is 0.0776. The molecule has 0 saturated carbocycles. The lowest BCUT2D eigenvalue weighted by Gasteiger charge is -2.36. The van der Waals surface area contributed by atoms with Gasteiger partial charge in [0.25, 0.3) is 0 Å². The highest BCUT2D eigenvalue weighted by Gasteiger charge is 2.21. The number of carbonyl (C=O) groups is 2. The Hall–Kier alpha value is -2.82. The summed E-state index contributed by atoms with van der Waals surface area (Å²) in [4.78, 5) is 28.1. The van der Waals surface area contributed by atoms with Crippen molar-refractivity contribution >= 4 is 17.4 Å². The Bertz CT molecular complexity index is 776. The van der Waals surface area contributed by atoms with Gasteiger partial charge in [-0.15, -0.1) is 0 Å². The van der Waals surface area contributed by atoms with Gasteiger partial charge in [-0.25, -0.2) is 0 Å². The van der Waals surface area contributed by atoms with E-state index >= 15 is 0 Å². The number of ether oxygens (including phenoxy) is 1. The fourth-order valence-electron chi connectivity index (χ4n) is 3.32. The van der Waals surface area contributed by atoms with Crippen molar-refractivity contribution in [2.45, 2.75) is 19.8 Å². The summed E-state index contributed by atoms with van der Waals surface area (Å²) in [6.07, 6.45) is 1.27. The zero-order valence-corrected chi connectivity index (χ0v) is 16.0. The van der Waals surface area contributed by atoms with Crippen molar-refractivity contribution in [1.82, 2.24) is 4.90 Å². The zero-order valence-electron chi connectivity index (χ0n) is 16.0. The van der Waals surface area contributed by atoms with Crippen LogP contribution in [0.25, 0.3) is 0 Å². The molecule has 1 aliphatic rings. The largest absolute Gasteiger partial charge is 0.497 e. The summed E-state index contributed by atoms with van der Waals surface area (Å²) >= 11 is 0. The highest BCUT2D eigenvalue weighted by atomic mass is 16.5. The van der Waals surface area contributed by atoms with Crippen LogP contribution in [0, 0.1) is 0 Å². The molecule has 27 heavy (non-hydrogen) atoms. The third kappa shape index (κ3) is 4.88. The van der Waals surface area contributed by atoms with E-state index in [1.54, 1.807) is 14.0 Å². The van der Waals surface area contributed by atoms with Crippen molar-refractivity contribution < 1.29 is 14.3 Å². The van der Waals surface area contributed by atoms with Crippen molar-refractivity contribution in [3.8, 4) is 5.75 Å². The average Bonchev–Trinajstić information content (AvgIpc) is 2.72. The number of benzene rings is 2. The summed E-state index contributed by atoms with van der Waals surface area (Å²) in [5.41, 5.74) is 2.98. The van der Waals surface area contributed by atoms with Gasteiger partial charge >= 0.3 is 0 Å². The average molecular weight is 366 g/mol. The summed E-state index contributed by atoms with van der Waals surface area (Å²) in [6.45, 7) is 4.67. The molecule has 1 saturated heterocycles. The first kappa shape index (κ1) is 19.0. The van der Waals surface area contributed by atoms with Gasteiger partial charge in [-0.3, -0.25) is 9.59 Å². The molecule has 1 heterocycles. The van der Waals surface area contributed by atoms with Crippen molar-refractivity contribution in [2.75, 3.05) is 38.2 Å². The number of methoxy groups -OCH3 is 1. The van der Waals surface area contributed by atoms with Crippen LogP contribution in [-0.2, 0) is 11.2 Å². The number of anilines is 1. The van der Waals surface area contributed by atoms with Gasteiger partial charge in [0, 0.05) is 43.9 Å². The van der Waals surface area contributed by atoms with Gasteiger partial charge in [-0.1, -0.05) is 12.1 Å². The van der Waals surface area contributed by atoms with Crippen LogP contribution in [0.3, 0.4) is 0 Å². The molecular weight excluding hydrogens is 340 g/mol. The Morgan fingerprint density at radius 1 is 0.926 bits per heavy atom. The second-order valence-electron chi connectivity index (χ2n) is 6.82. The molecule has 142 valence electrons. The number of hydrogen-bond acceptors (Lipinski definition) is 4. The molecule has 1 fully saturated rings. The predicted octanol–water partition coefficient (Wildman–Crippen LogP) is 3.18. The third-order valence-corrected chi connectivity index (χ3v) is 5.06. The number of carbonyl (C=O) groups excluding carboxylic acids is 2. The second-order valence-corrected chi connectivity index (χ2v) is 6.82. The number of rotatable bonds is 6. The molecule has 3 rings (SSSR count). The molecule has 0 radical (unpaired) electrons. The van der Waals surface area contributed by atoms with E-state index in [9.17, 15) is 9.59 Å². The van der Waals surface area contributed by atoms with E-state index in [2.05, 4.69) is 4.90 Å². The number of aryl methyl sites for hydroxylation is 1. The lowest BCUT2D eigenvalue weighted by Crippen LogP contribution is -2.48. The molecule has 0 spiro atoms. The smallest absolute Gasteiger partial charge is 0.223 e. The summed E-state index contributed by atoms with van der Waals surface area (Å²) < 4.78 is 5.16. The molecular formula is C22H26N2O3. The van der Waals surface area contributed by atoms with Gasteiger partial charge in [0.1, 0.15) is 5.75 Å². The van der Waals surface area contributed by atoms with Crippen LogP contribution in [0.4, 0.5) is 5.69 Å². The molecule has 0 aliphatic carbocycles. The Kier molecular flexibility index (Phi) is 6.12. The predicted molar refractivity (Wildman–Crippen MR) is 107 cm³/mol. The first-order valence-electron chi connectivity index (χ1n) is 9.33. The monoisotopic (exact) mass is 366 g/mol. The first-order chi connectivity index (χ1) is 13.1. The highest BCUT2D eigenvalue weighted by Crippen LogP contribution is 2.18. The Morgan fingerprint density at radius 3 is 2.11 bits per heavy atom. The normalized spacial score (nSPS) is 14.1. The Morgan fingerprint density at radius 2 is 1.56 bits per heavy atom. The van der Waals surface area contributed by atoms with Crippen LogP contribution in [0.5, 0.6) is 5.75 Å². The van der Waals surface area contributed by atoms with E-state index in [0.717, 1.165) is 55.2 Å². The van der Waals surface area contributed by atoms with Crippen molar-refractivity contribution in [1.29, 1.82) is 0 Å². The minimum Gasteiger partial charge on any atom is -0.497 e. The molecule has 0 atom stereocenters. The highest BCUT2D eigenvalue weighted by molar-refractivity contribution is 5.94. The lowest BCUT2D eigenvalue weighted by atomic mass is 10.1. The molecule has 2 aromatic rings. The Labute approximate surface area is 160 Å². The fraction of sp³-hybridized carbons (Fsp3) is 0.364. The SMILES string of the molecule is COc1ccc(CCC(=O)N2CCN(c3ccc(C(C)=O)cc3)CC2)cc1. The summed E-state index contributed by atoms with van der Waals surface area (Å²) in [5.74, 6) is 1.11. The molecule has 0 unspecified atom stereocenters. The van der Waals surface area contributed by atoms with Crippen LogP contribution in [0.15, 0.2) is 48.5 Å². The van der Waals surface area contributed by atoms with E-state index in [-0.39, 0.29) is 11.7 Å². The van der Waals surface area contributed by atoms with E-state index < -0.39 is 0 Å². The maximum absolute atomic E-state index is 12.5. The molecule has 0 bridgehead atoms. The van der Waals surface area contributed by atoms with Crippen LogP contribution in [-0.4, -0.2) is 49.9 Å². The molecule has 1 aliphatic heterocycles. The number of hydrogen-bond donors (Lipinski definition) is 0. The standard InChI is InChI=1S/C22H26N2O3/c1-17(25)19-6-8-20(9-7-19)23-13-15-24(16-14-23)22(26)12-5-18-3-10-21(27-2)11-4-18/h3-4,6-11H,5,12-16H2,1-2H3. The van der Waals surface area contributed by atoms with E-state index in [0.29, 0.717) is 6.42 Å². The van der Waals surface area contributed by atoms with E-state index in [1.165, 1.54) is 0 Å². The van der Waals surface area contributed by atoms with Gasteiger partial charge in [-0.05, 0) is 55.3 Å². The fourth-order valence-corrected chi connectivity index (χ4v) is 3.32. The molecule has 0 aromatic heterocycles. The third-order valence-electron chi connectivity index (χ3n) is 5.06. The van der Waals surface area contributed by atoms with Gasteiger partial charge in [0.05, 0.1) is 7.11 Å². The second kappa shape index (κ2) is 8.71. The maximum Gasteiger partial charge on any atom is 0.223 e. The van der Waals surface area contributed by atoms with Crippen LogP contribution in [0.2, 0.25) is 0 Å². The molecule has 1 amide bonds. The molecule has 0 N–H and O–H groups in total. The van der Waals surface area contributed by atoms with Crippen LogP contribution < -0.4 is 9.64 Å². The number of nitrogens with zero attached hydrogens (tertiary/aromatic N) is 2. The van der Waals surface area contributed by atoms with Gasteiger partial charge < -0.3 is 14.5 Å². The van der Waals surface area contributed by atoms with Crippen molar-refractivity contribution in [3.63, 3.8) is 0 Å². The molecule has 2 aromatic carbocycles. The first-order valence-corrected chi connectivity index (χ1v) is 9.33. The lowest BCUT2D eigenvalue weighted by molar-refractivity contribution is -0.131. The number of Topliss-reactive ketones (excluding diaryl/α,β-unsaturated/α-hetero) is 1. The summed E-state index contributed by atoms with van der Waals surface area (Å²) in [7, 11) is 1.65. The van der Waals surface area contributed by atoms with Crippen molar-refractivity contribution in [3.05, 3.63) is 59.7 Å². The number of ketones is 1. The van der Waals surface area contributed by atoms with E-state index in [1.807, 2.05) is 53.4 Å². The quantitative estimate of drug-likeness (QED) is 0.737. The van der Waals surface area contributed by atoms with Gasteiger partial charge in [0.15, 0.2) is 5.78 Å². The maximum atomic E-state index is 12.5. The summed E-state index contributed by atoms with van der Waals surface area (Å²) in [5, 5.41) is 0.